The van der Waals surface area contributed by atoms with Gasteiger partial charge >= 0.3 is 5.97 Å². The van der Waals surface area contributed by atoms with Gasteiger partial charge in [-0.15, -0.1) is 0 Å². The minimum Gasteiger partial charge on any atom is -0.481 e. The van der Waals surface area contributed by atoms with E-state index in [0.29, 0.717) is 12.8 Å². The van der Waals surface area contributed by atoms with E-state index in [1.165, 1.54) is 5.56 Å². The van der Waals surface area contributed by atoms with Crippen molar-refractivity contribution in [2.24, 2.45) is 0 Å². The van der Waals surface area contributed by atoms with Gasteiger partial charge in [-0.2, -0.15) is 0 Å². The summed E-state index contributed by atoms with van der Waals surface area (Å²) < 4.78 is 0. The molecule has 2 aromatic carbocycles. The molecule has 0 saturated carbocycles. The van der Waals surface area contributed by atoms with Crippen LogP contribution in [-0.4, -0.2) is 36.6 Å². The Labute approximate surface area is 144 Å². The molecule has 2 aromatic rings. The van der Waals surface area contributed by atoms with Crippen LogP contribution in [0.5, 0.6) is 0 Å². The molecule has 0 spiro atoms. The molecule has 0 aliphatic carbocycles. The Morgan fingerprint density at radius 3 is 2.33 bits per heavy atom. The molecule has 128 valence electrons. The fourth-order valence-electron chi connectivity index (χ4n) is 3.11. The Balaban J connectivity index is 2.35. The molecule has 1 N–H and O–H groups in total. The lowest BCUT2D eigenvalue weighted by Gasteiger charge is -2.32. The first kappa shape index (κ1) is 18.2. The number of carbonyl (C=O) groups is 1. The highest BCUT2D eigenvalue weighted by atomic mass is 16.4. The van der Waals surface area contributed by atoms with Gasteiger partial charge in [-0.05, 0) is 58.0 Å². The summed E-state index contributed by atoms with van der Waals surface area (Å²) in [4.78, 5) is 14.4. The summed E-state index contributed by atoms with van der Waals surface area (Å²) in [6.07, 6.45) is 1.96. The van der Waals surface area contributed by atoms with Gasteiger partial charge in [-0.1, -0.05) is 60.2 Å². The molecular weight excluding hydrogens is 298 g/mol. The Bertz CT molecular complexity index is 667. The van der Waals surface area contributed by atoms with Crippen molar-refractivity contribution in [2.45, 2.75) is 31.6 Å². The molecule has 0 heterocycles. The molecule has 0 radical (unpaired) electrons. The molecule has 1 atom stereocenters. The summed E-state index contributed by atoms with van der Waals surface area (Å²) >= 11 is 0. The van der Waals surface area contributed by atoms with Gasteiger partial charge in [0, 0.05) is 0 Å². The molecule has 0 aromatic heterocycles. The maximum Gasteiger partial charge on any atom is 0.314 e. The fraction of sp³-hybridized carbons (Fsp3) is 0.381. The lowest BCUT2D eigenvalue weighted by molar-refractivity contribution is -0.144. The van der Waals surface area contributed by atoms with Crippen LogP contribution in [0.3, 0.4) is 0 Å². The number of hydrogen-bond acceptors (Lipinski definition) is 2. The van der Waals surface area contributed by atoms with Gasteiger partial charge in [-0.25, -0.2) is 0 Å². The predicted octanol–water partition coefficient (Wildman–Crippen LogP) is 3.90. The highest BCUT2D eigenvalue weighted by Crippen LogP contribution is 2.34. The molecule has 24 heavy (non-hydrogen) atoms. The fourth-order valence-corrected chi connectivity index (χ4v) is 3.11. The normalized spacial score (nSPS) is 13.7. The van der Waals surface area contributed by atoms with Crippen LogP contribution >= 0.6 is 0 Å². The maximum absolute atomic E-state index is 12.3. The van der Waals surface area contributed by atoms with Crippen LogP contribution in [0.15, 0.2) is 54.6 Å². The smallest absolute Gasteiger partial charge is 0.314 e. The highest BCUT2D eigenvalue weighted by Gasteiger charge is 2.39. The first-order valence-electron chi connectivity index (χ1n) is 8.43. The number of carboxylic acid groups (broad SMARTS) is 1. The van der Waals surface area contributed by atoms with Gasteiger partial charge in [-0.3, -0.25) is 4.79 Å². The van der Waals surface area contributed by atoms with Gasteiger partial charge in [0.1, 0.15) is 0 Å². The average molecular weight is 325 g/mol. The SMILES string of the molecule is Cc1cccc(C(CCc2ccccc2)(CCN(C)C)C(=O)O)c1. The van der Waals surface area contributed by atoms with E-state index in [-0.39, 0.29) is 0 Å². The summed E-state index contributed by atoms with van der Waals surface area (Å²) in [7, 11) is 3.97. The second-order valence-corrected chi connectivity index (χ2v) is 6.80. The Kier molecular flexibility index (Phi) is 6.16. The van der Waals surface area contributed by atoms with Gasteiger partial charge in [0.2, 0.25) is 0 Å². The number of hydrogen-bond donors (Lipinski definition) is 1. The van der Waals surface area contributed by atoms with Crippen LogP contribution in [0.1, 0.15) is 29.5 Å². The molecule has 3 nitrogen and oxygen atoms in total. The Morgan fingerprint density at radius 1 is 1.04 bits per heavy atom. The largest absolute Gasteiger partial charge is 0.481 e. The number of aryl methyl sites for hydroxylation is 2. The molecule has 0 aliphatic rings. The minimum absolute atomic E-state index is 0.601. The van der Waals surface area contributed by atoms with E-state index in [1.807, 2.05) is 63.5 Å². The first-order valence-corrected chi connectivity index (χ1v) is 8.43. The third kappa shape index (κ3) is 4.45. The van der Waals surface area contributed by atoms with Crippen molar-refractivity contribution in [1.82, 2.24) is 4.90 Å². The zero-order valence-corrected chi connectivity index (χ0v) is 14.8. The first-order chi connectivity index (χ1) is 11.4. The molecular formula is C21H27NO2. The summed E-state index contributed by atoms with van der Waals surface area (Å²) in [5.74, 6) is -0.731. The van der Waals surface area contributed by atoms with E-state index in [1.54, 1.807) is 0 Å². The third-order valence-electron chi connectivity index (χ3n) is 4.65. The van der Waals surface area contributed by atoms with Gasteiger partial charge < -0.3 is 10.0 Å². The molecule has 0 fully saturated rings. The lowest BCUT2D eigenvalue weighted by Crippen LogP contribution is -2.39. The molecule has 0 saturated heterocycles. The zero-order valence-electron chi connectivity index (χ0n) is 14.8. The molecule has 2 rings (SSSR count). The van der Waals surface area contributed by atoms with E-state index < -0.39 is 11.4 Å². The van der Waals surface area contributed by atoms with Crippen LogP contribution in [0, 0.1) is 6.92 Å². The Morgan fingerprint density at radius 2 is 1.75 bits per heavy atom. The van der Waals surface area contributed by atoms with E-state index in [0.717, 1.165) is 24.1 Å². The summed E-state index contributed by atoms with van der Waals surface area (Å²) in [6.45, 7) is 2.76. The molecule has 3 heteroatoms. The molecule has 0 bridgehead atoms. The van der Waals surface area contributed by atoms with Crippen LogP contribution < -0.4 is 0 Å². The van der Waals surface area contributed by atoms with Crippen molar-refractivity contribution in [2.75, 3.05) is 20.6 Å². The quantitative estimate of drug-likeness (QED) is 0.800. The number of carboxylic acids is 1. The molecule has 1 unspecified atom stereocenters. The summed E-state index contributed by atoms with van der Waals surface area (Å²) in [5.41, 5.74) is 2.34. The van der Waals surface area contributed by atoms with Crippen molar-refractivity contribution in [3.8, 4) is 0 Å². The minimum atomic E-state index is -0.855. The van der Waals surface area contributed by atoms with Crippen LogP contribution in [0.4, 0.5) is 0 Å². The van der Waals surface area contributed by atoms with Crippen molar-refractivity contribution >= 4 is 5.97 Å². The van der Waals surface area contributed by atoms with E-state index in [9.17, 15) is 9.90 Å². The van der Waals surface area contributed by atoms with E-state index in [4.69, 9.17) is 0 Å². The van der Waals surface area contributed by atoms with Crippen molar-refractivity contribution in [3.63, 3.8) is 0 Å². The van der Waals surface area contributed by atoms with Crippen molar-refractivity contribution in [3.05, 3.63) is 71.3 Å². The Hall–Kier alpha value is -2.13. The van der Waals surface area contributed by atoms with Crippen molar-refractivity contribution in [1.29, 1.82) is 0 Å². The highest BCUT2D eigenvalue weighted by molar-refractivity contribution is 5.81. The van der Waals surface area contributed by atoms with Crippen molar-refractivity contribution < 1.29 is 9.90 Å². The van der Waals surface area contributed by atoms with Gasteiger partial charge in [0.25, 0.3) is 0 Å². The lowest BCUT2D eigenvalue weighted by atomic mass is 9.73. The summed E-state index contributed by atoms with van der Waals surface area (Å²) in [6, 6.07) is 18.1. The standard InChI is InChI=1S/C21H27NO2/c1-17-8-7-11-19(16-17)21(20(23)24,14-15-22(2)3)13-12-18-9-5-4-6-10-18/h4-11,16H,12-15H2,1-3H3,(H,23,24). The van der Waals surface area contributed by atoms with E-state index in [2.05, 4.69) is 17.0 Å². The van der Waals surface area contributed by atoms with Crippen LogP contribution in [0.2, 0.25) is 0 Å². The number of benzene rings is 2. The molecule has 0 amide bonds. The number of rotatable bonds is 8. The van der Waals surface area contributed by atoms with Gasteiger partial charge in [0.05, 0.1) is 5.41 Å². The monoisotopic (exact) mass is 325 g/mol. The maximum atomic E-state index is 12.3. The number of aliphatic carboxylic acids is 1. The average Bonchev–Trinajstić information content (AvgIpc) is 2.55. The topological polar surface area (TPSA) is 40.5 Å². The zero-order chi connectivity index (χ0) is 17.6. The van der Waals surface area contributed by atoms with Crippen LogP contribution in [0.25, 0.3) is 0 Å². The number of nitrogens with zero attached hydrogens (tertiary/aromatic N) is 1. The van der Waals surface area contributed by atoms with Gasteiger partial charge in [0.15, 0.2) is 0 Å². The second-order valence-electron chi connectivity index (χ2n) is 6.80. The predicted molar refractivity (Wildman–Crippen MR) is 98.4 cm³/mol. The third-order valence-corrected chi connectivity index (χ3v) is 4.65. The second kappa shape index (κ2) is 8.11. The van der Waals surface area contributed by atoms with Crippen LogP contribution in [-0.2, 0) is 16.6 Å². The molecule has 0 aliphatic heterocycles. The summed E-state index contributed by atoms with van der Waals surface area (Å²) in [5, 5.41) is 10.1. The van der Waals surface area contributed by atoms with E-state index >= 15 is 0 Å².